The fraction of sp³-hybridized carbons (Fsp3) is 0.500. The molecule has 5 nitrogen and oxygen atoms in total. The molecule has 0 radical (unpaired) electrons. The lowest BCUT2D eigenvalue weighted by Crippen LogP contribution is -2.49. The normalized spacial score (nSPS) is 22.8. The van der Waals surface area contributed by atoms with Gasteiger partial charge in [-0.3, -0.25) is 4.79 Å². The number of ether oxygens (including phenoxy) is 2. The Morgan fingerprint density at radius 3 is 3.05 bits per heavy atom. The van der Waals surface area contributed by atoms with Gasteiger partial charge in [0.15, 0.2) is 6.61 Å². The number of rotatable bonds is 4. The van der Waals surface area contributed by atoms with Crippen LogP contribution < -0.4 is 10.1 Å². The molecule has 5 heteroatoms. The van der Waals surface area contributed by atoms with Crippen molar-refractivity contribution in [1.29, 1.82) is 0 Å². The highest BCUT2D eigenvalue weighted by atomic mass is 16.5. The molecule has 2 rings (SSSR count). The van der Waals surface area contributed by atoms with Crippen molar-refractivity contribution in [2.75, 3.05) is 19.8 Å². The smallest absolute Gasteiger partial charge is 0.258 e. The van der Waals surface area contributed by atoms with Gasteiger partial charge in [-0.1, -0.05) is 18.2 Å². The van der Waals surface area contributed by atoms with Crippen LogP contribution in [0.25, 0.3) is 0 Å². The first-order valence-corrected chi connectivity index (χ1v) is 6.40. The van der Waals surface area contributed by atoms with E-state index < -0.39 is 6.10 Å². The lowest BCUT2D eigenvalue weighted by molar-refractivity contribution is -0.126. The molecule has 1 aliphatic heterocycles. The number of hydrogen-bond acceptors (Lipinski definition) is 4. The number of aliphatic hydroxyl groups excluding tert-OH is 1. The van der Waals surface area contributed by atoms with E-state index in [9.17, 15) is 9.90 Å². The van der Waals surface area contributed by atoms with Gasteiger partial charge in [0.05, 0.1) is 18.8 Å². The molecule has 1 aliphatic rings. The van der Waals surface area contributed by atoms with Crippen LogP contribution in [0, 0.1) is 6.92 Å². The maximum absolute atomic E-state index is 11.8. The minimum absolute atomic E-state index is 0.0467. The summed E-state index contributed by atoms with van der Waals surface area (Å²) in [5.41, 5.74) is 0.987. The second-order valence-electron chi connectivity index (χ2n) is 4.66. The van der Waals surface area contributed by atoms with E-state index in [1.54, 1.807) is 0 Å². The van der Waals surface area contributed by atoms with Crippen LogP contribution in [-0.2, 0) is 9.53 Å². The Labute approximate surface area is 112 Å². The fourth-order valence-corrected chi connectivity index (χ4v) is 2.00. The molecule has 0 spiro atoms. The summed E-state index contributed by atoms with van der Waals surface area (Å²) in [4.78, 5) is 11.8. The van der Waals surface area contributed by atoms with Gasteiger partial charge >= 0.3 is 0 Å². The van der Waals surface area contributed by atoms with Gasteiger partial charge in [0.1, 0.15) is 5.75 Å². The molecule has 1 aromatic rings. The topological polar surface area (TPSA) is 67.8 Å². The van der Waals surface area contributed by atoms with E-state index in [0.29, 0.717) is 18.8 Å². The Balaban J connectivity index is 1.80. The lowest BCUT2D eigenvalue weighted by atomic mass is 10.1. The number of hydrogen-bond donors (Lipinski definition) is 2. The van der Waals surface area contributed by atoms with Crippen molar-refractivity contribution in [2.24, 2.45) is 0 Å². The summed E-state index contributed by atoms with van der Waals surface area (Å²) < 4.78 is 10.6. The van der Waals surface area contributed by atoms with Crippen molar-refractivity contribution in [3.05, 3.63) is 29.8 Å². The second kappa shape index (κ2) is 6.54. The number of para-hydroxylation sites is 1. The summed E-state index contributed by atoms with van der Waals surface area (Å²) in [5, 5.41) is 12.4. The highest BCUT2D eigenvalue weighted by Crippen LogP contribution is 2.15. The van der Waals surface area contributed by atoms with E-state index in [1.165, 1.54) is 0 Å². The molecule has 1 amide bonds. The molecule has 1 heterocycles. The van der Waals surface area contributed by atoms with Crippen LogP contribution in [0.15, 0.2) is 24.3 Å². The van der Waals surface area contributed by atoms with Gasteiger partial charge in [0.25, 0.3) is 5.91 Å². The minimum atomic E-state index is -0.642. The lowest BCUT2D eigenvalue weighted by Gasteiger charge is -2.28. The van der Waals surface area contributed by atoms with Crippen LogP contribution in [0.1, 0.15) is 12.0 Å². The molecule has 19 heavy (non-hydrogen) atoms. The minimum Gasteiger partial charge on any atom is -0.484 e. The highest BCUT2D eigenvalue weighted by Gasteiger charge is 2.25. The Kier molecular flexibility index (Phi) is 4.76. The average Bonchev–Trinajstić information content (AvgIpc) is 2.40. The standard InChI is InChI=1S/C14H19NO4/c1-10-4-2-3-5-13(10)19-9-14(17)15-11-6-7-18-8-12(11)16/h2-5,11-12,16H,6-9H2,1H3,(H,15,17)/t11-,12-/m0/s1. The maximum atomic E-state index is 11.8. The molecule has 1 aromatic carbocycles. The summed E-state index contributed by atoms with van der Waals surface area (Å²) >= 11 is 0. The van der Waals surface area contributed by atoms with Gasteiger partial charge < -0.3 is 19.9 Å². The van der Waals surface area contributed by atoms with Gasteiger partial charge in [0, 0.05) is 6.61 Å². The Morgan fingerprint density at radius 1 is 1.53 bits per heavy atom. The van der Waals surface area contributed by atoms with Crippen molar-refractivity contribution < 1.29 is 19.4 Å². The molecule has 0 saturated carbocycles. The Hall–Kier alpha value is -1.59. The van der Waals surface area contributed by atoms with Gasteiger partial charge in [-0.25, -0.2) is 0 Å². The third-order valence-electron chi connectivity index (χ3n) is 3.13. The largest absolute Gasteiger partial charge is 0.484 e. The molecule has 1 fully saturated rings. The molecule has 0 aliphatic carbocycles. The molecule has 1 saturated heterocycles. The van der Waals surface area contributed by atoms with Crippen LogP contribution in [0.2, 0.25) is 0 Å². The van der Waals surface area contributed by atoms with Crippen molar-refractivity contribution in [3.8, 4) is 5.75 Å². The van der Waals surface area contributed by atoms with Crippen LogP contribution in [0.4, 0.5) is 0 Å². The zero-order valence-electron chi connectivity index (χ0n) is 11.0. The molecule has 0 bridgehead atoms. The summed E-state index contributed by atoms with van der Waals surface area (Å²) in [5.74, 6) is 0.472. The summed E-state index contributed by atoms with van der Waals surface area (Å²) in [7, 11) is 0. The van der Waals surface area contributed by atoms with Crippen LogP contribution >= 0.6 is 0 Å². The van der Waals surface area contributed by atoms with Crippen LogP contribution in [-0.4, -0.2) is 43.0 Å². The summed E-state index contributed by atoms with van der Waals surface area (Å²) in [6.45, 7) is 2.70. The SMILES string of the molecule is Cc1ccccc1OCC(=O)N[C@H]1CCOC[C@@H]1O. The van der Waals surface area contributed by atoms with E-state index >= 15 is 0 Å². The van der Waals surface area contributed by atoms with Gasteiger partial charge in [-0.05, 0) is 25.0 Å². The third-order valence-corrected chi connectivity index (χ3v) is 3.13. The third kappa shape index (κ3) is 3.94. The molecular weight excluding hydrogens is 246 g/mol. The van der Waals surface area contributed by atoms with Crippen LogP contribution in [0.3, 0.4) is 0 Å². The first kappa shape index (κ1) is 13.8. The number of aliphatic hydroxyl groups is 1. The Bertz CT molecular complexity index is 435. The number of aryl methyl sites for hydroxylation is 1. The molecular formula is C14H19NO4. The predicted octanol–water partition coefficient (Wildman–Crippen LogP) is 0.640. The van der Waals surface area contributed by atoms with Crippen LogP contribution in [0.5, 0.6) is 5.75 Å². The Morgan fingerprint density at radius 2 is 2.32 bits per heavy atom. The van der Waals surface area contributed by atoms with Crippen molar-refractivity contribution in [2.45, 2.75) is 25.5 Å². The van der Waals surface area contributed by atoms with E-state index in [-0.39, 0.29) is 25.2 Å². The number of nitrogens with one attached hydrogen (secondary N) is 1. The van der Waals surface area contributed by atoms with E-state index in [1.807, 2.05) is 31.2 Å². The number of carbonyl (C=O) groups excluding carboxylic acids is 1. The van der Waals surface area contributed by atoms with Gasteiger partial charge in [0.2, 0.25) is 0 Å². The molecule has 0 unspecified atom stereocenters. The quantitative estimate of drug-likeness (QED) is 0.838. The predicted molar refractivity (Wildman–Crippen MR) is 70.0 cm³/mol. The average molecular weight is 265 g/mol. The van der Waals surface area contributed by atoms with Crippen molar-refractivity contribution in [3.63, 3.8) is 0 Å². The number of benzene rings is 1. The van der Waals surface area contributed by atoms with E-state index in [0.717, 1.165) is 5.56 Å². The summed E-state index contributed by atoms with van der Waals surface area (Å²) in [6, 6.07) is 7.28. The molecule has 0 aromatic heterocycles. The van der Waals surface area contributed by atoms with Gasteiger partial charge in [-0.2, -0.15) is 0 Å². The number of amides is 1. The first-order chi connectivity index (χ1) is 9.16. The monoisotopic (exact) mass is 265 g/mol. The van der Waals surface area contributed by atoms with Gasteiger partial charge in [-0.15, -0.1) is 0 Å². The maximum Gasteiger partial charge on any atom is 0.258 e. The zero-order chi connectivity index (χ0) is 13.7. The van der Waals surface area contributed by atoms with E-state index in [4.69, 9.17) is 9.47 Å². The fourth-order valence-electron chi connectivity index (χ4n) is 2.00. The van der Waals surface area contributed by atoms with Crippen molar-refractivity contribution in [1.82, 2.24) is 5.32 Å². The first-order valence-electron chi connectivity index (χ1n) is 6.40. The van der Waals surface area contributed by atoms with Crippen molar-refractivity contribution >= 4 is 5.91 Å². The molecule has 2 atom stereocenters. The van der Waals surface area contributed by atoms with E-state index in [2.05, 4.69) is 5.32 Å². The highest BCUT2D eigenvalue weighted by molar-refractivity contribution is 5.78. The second-order valence-corrected chi connectivity index (χ2v) is 4.66. The number of carbonyl (C=O) groups is 1. The summed E-state index contributed by atoms with van der Waals surface area (Å²) in [6.07, 6.45) is -0.0202. The zero-order valence-corrected chi connectivity index (χ0v) is 11.0. The molecule has 104 valence electrons. The molecule has 2 N–H and O–H groups in total.